The van der Waals surface area contributed by atoms with Gasteiger partial charge in [0, 0.05) is 38.1 Å². The summed E-state index contributed by atoms with van der Waals surface area (Å²) in [5.74, 6) is 1.64. The zero-order valence-electron chi connectivity index (χ0n) is 17.3. The monoisotopic (exact) mass is 416 g/mol. The number of anilines is 3. The summed E-state index contributed by atoms with van der Waals surface area (Å²) in [6.45, 7) is 3.89. The Morgan fingerprint density at radius 3 is 2.27 bits per heavy atom. The second-order valence-corrected chi connectivity index (χ2v) is 7.08. The standard InChI is InChI=1S/C20H32N8O2/c21-7-11-29-13-14-30-12-10-23-18-26-19(24-15-16-5-8-22-9-6-16)28-20(27-18)25-17-3-1-2-4-17/h5-6,8-9,17H,1-4,7,10-15,21H2,(H3,23,24,25,26,27,28). The molecule has 0 bridgehead atoms. The van der Waals surface area contributed by atoms with Crippen LogP contribution in [-0.4, -0.2) is 65.5 Å². The van der Waals surface area contributed by atoms with E-state index < -0.39 is 0 Å². The third-order valence-electron chi connectivity index (χ3n) is 4.69. The molecule has 164 valence electrons. The molecule has 1 aliphatic carbocycles. The number of nitrogens with one attached hydrogen (secondary N) is 3. The second-order valence-electron chi connectivity index (χ2n) is 7.08. The van der Waals surface area contributed by atoms with Gasteiger partial charge in [-0.2, -0.15) is 15.0 Å². The zero-order valence-corrected chi connectivity index (χ0v) is 17.3. The average Bonchev–Trinajstić information content (AvgIpc) is 3.28. The van der Waals surface area contributed by atoms with Crippen LogP contribution in [0.15, 0.2) is 24.5 Å². The fourth-order valence-electron chi connectivity index (χ4n) is 3.17. The van der Waals surface area contributed by atoms with Gasteiger partial charge in [-0.3, -0.25) is 4.98 Å². The highest BCUT2D eigenvalue weighted by atomic mass is 16.5. The van der Waals surface area contributed by atoms with Crippen molar-refractivity contribution in [2.45, 2.75) is 38.3 Å². The molecule has 0 radical (unpaired) electrons. The lowest BCUT2D eigenvalue weighted by molar-refractivity contribution is 0.0547. The van der Waals surface area contributed by atoms with E-state index in [1.807, 2.05) is 12.1 Å². The van der Waals surface area contributed by atoms with Crippen LogP contribution in [0.25, 0.3) is 0 Å². The summed E-state index contributed by atoms with van der Waals surface area (Å²) >= 11 is 0. The third-order valence-corrected chi connectivity index (χ3v) is 4.69. The van der Waals surface area contributed by atoms with Gasteiger partial charge in [-0.15, -0.1) is 0 Å². The highest BCUT2D eigenvalue weighted by Crippen LogP contribution is 2.21. The van der Waals surface area contributed by atoms with Crippen molar-refractivity contribution in [1.29, 1.82) is 0 Å². The van der Waals surface area contributed by atoms with Crippen LogP contribution in [0.3, 0.4) is 0 Å². The Balaban J connectivity index is 1.52. The molecule has 2 aromatic heterocycles. The van der Waals surface area contributed by atoms with Crippen LogP contribution in [-0.2, 0) is 16.0 Å². The van der Waals surface area contributed by atoms with Crippen LogP contribution in [0, 0.1) is 0 Å². The van der Waals surface area contributed by atoms with Crippen molar-refractivity contribution < 1.29 is 9.47 Å². The highest BCUT2D eigenvalue weighted by Gasteiger charge is 2.17. The van der Waals surface area contributed by atoms with E-state index in [0.29, 0.717) is 69.9 Å². The normalized spacial score (nSPS) is 14.0. The number of aromatic nitrogens is 4. The molecule has 0 unspecified atom stereocenters. The van der Waals surface area contributed by atoms with Crippen LogP contribution in [0.5, 0.6) is 0 Å². The molecule has 0 aliphatic heterocycles. The Morgan fingerprint density at radius 1 is 0.867 bits per heavy atom. The lowest BCUT2D eigenvalue weighted by Gasteiger charge is -2.14. The van der Waals surface area contributed by atoms with Crippen LogP contribution < -0.4 is 21.7 Å². The Labute approximate surface area is 177 Å². The smallest absolute Gasteiger partial charge is 0.229 e. The Kier molecular flexibility index (Phi) is 9.51. The first kappa shape index (κ1) is 22.1. The quantitative estimate of drug-likeness (QED) is 0.337. The van der Waals surface area contributed by atoms with Gasteiger partial charge in [-0.1, -0.05) is 12.8 Å². The number of hydrogen-bond donors (Lipinski definition) is 4. The molecule has 1 fully saturated rings. The predicted octanol–water partition coefficient (Wildman–Crippen LogP) is 1.64. The Hall–Kier alpha value is -2.56. The first-order valence-corrected chi connectivity index (χ1v) is 10.6. The van der Waals surface area contributed by atoms with Crippen molar-refractivity contribution in [3.63, 3.8) is 0 Å². The molecule has 1 saturated carbocycles. The van der Waals surface area contributed by atoms with E-state index in [2.05, 4.69) is 35.9 Å². The van der Waals surface area contributed by atoms with Gasteiger partial charge >= 0.3 is 0 Å². The summed E-state index contributed by atoms with van der Waals surface area (Å²) in [5, 5.41) is 9.92. The molecule has 0 saturated heterocycles. The summed E-state index contributed by atoms with van der Waals surface area (Å²) < 4.78 is 10.8. The molecule has 0 aromatic carbocycles. The van der Waals surface area contributed by atoms with Gasteiger partial charge in [0.1, 0.15) is 0 Å². The lowest BCUT2D eigenvalue weighted by Crippen LogP contribution is -2.20. The van der Waals surface area contributed by atoms with Crippen molar-refractivity contribution in [3.05, 3.63) is 30.1 Å². The minimum Gasteiger partial charge on any atom is -0.378 e. The number of ether oxygens (including phenoxy) is 2. The lowest BCUT2D eigenvalue weighted by atomic mass is 10.2. The van der Waals surface area contributed by atoms with E-state index in [1.165, 1.54) is 12.8 Å². The summed E-state index contributed by atoms with van der Waals surface area (Å²) in [5.41, 5.74) is 6.48. The van der Waals surface area contributed by atoms with Crippen molar-refractivity contribution in [2.24, 2.45) is 5.73 Å². The topological polar surface area (TPSA) is 132 Å². The van der Waals surface area contributed by atoms with Crippen LogP contribution in [0.1, 0.15) is 31.2 Å². The molecule has 5 N–H and O–H groups in total. The first-order chi connectivity index (χ1) is 14.8. The molecule has 10 nitrogen and oxygen atoms in total. The van der Waals surface area contributed by atoms with Crippen LogP contribution >= 0.6 is 0 Å². The molecule has 2 aromatic rings. The van der Waals surface area contributed by atoms with Gasteiger partial charge in [0.15, 0.2) is 0 Å². The summed E-state index contributed by atoms with van der Waals surface area (Å²) in [6, 6.07) is 4.34. The van der Waals surface area contributed by atoms with E-state index in [4.69, 9.17) is 15.2 Å². The van der Waals surface area contributed by atoms with Gasteiger partial charge in [0.25, 0.3) is 0 Å². The van der Waals surface area contributed by atoms with Gasteiger partial charge < -0.3 is 31.2 Å². The molecule has 0 amide bonds. The SMILES string of the molecule is NCCOCCOCCNc1nc(NCc2ccncc2)nc(NC2CCCC2)n1. The zero-order chi connectivity index (χ0) is 20.9. The number of rotatable bonds is 14. The van der Waals surface area contributed by atoms with E-state index in [1.54, 1.807) is 12.4 Å². The highest BCUT2D eigenvalue weighted by molar-refractivity contribution is 5.43. The first-order valence-electron chi connectivity index (χ1n) is 10.6. The number of nitrogens with two attached hydrogens (primary N) is 1. The molecule has 1 aliphatic rings. The van der Waals surface area contributed by atoms with E-state index >= 15 is 0 Å². The van der Waals surface area contributed by atoms with Crippen molar-refractivity contribution in [1.82, 2.24) is 19.9 Å². The van der Waals surface area contributed by atoms with Gasteiger partial charge in [0.05, 0.1) is 26.4 Å². The fourth-order valence-corrected chi connectivity index (χ4v) is 3.17. The maximum atomic E-state index is 5.54. The Bertz CT molecular complexity index is 728. The number of pyridine rings is 1. The maximum Gasteiger partial charge on any atom is 0.229 e. The van der Waals surface area contributed by atoms with Crippen LogP contribution in [0.2, 0.25) is 0 Å². The third kappa shape index (κ3) is 8.05. The van der Waals surface area contributed by atoms with Gasteiger partial charge in [0.2, 0.25) is 17.8 Å². The molecule has 2 heterocycles. The summed E-state index contributed by atoms with van der Waals surface area (Å²) in [7, 11) is 0. The summed E-state index contributed by atoms with van der Waals surface area (Å²) in [4.78, 5) is 17.6. The molecular formula is C20H32N8O2. The average molecular weight is 417 g/mol. The fraction of sp³-hybridized carbons (Fsp3) is 0.600. The van der Waals surface area contributed by atoms with E-state index in [0.717, 1.165) is 18.4 Å². The molecule has 3 rings (SSSR count). The Morgan fingerprint density at radius 2 is 1.53 bits per heavy atom. The van der Waals surface area contributed by atoms with Crippen molar-refractivity contribution >= 4 is 17.8 Å². The number of hydrogen-bond acceptors (Lipinski definition) is 10. The minimum atomic E-state index is 0.421. The van der Waals surface area contributed by atoms with E-state index in [-0.39, 0.29) is 0 Å². The minimum absolute atomic E-state index is 0.421. The molecular weight excluding hydrogens is 384 g/mol. The number of nitrogens with zero attached hydrogens (tertiary/aromatic N) is 4. The molecule has 10 heteroatoms. The second kappa shape index (κ2) is 12.9. The van der Waals surface area contributed by atoms with Gasteiger partial charge in [-0.25, -0.2) is 0 Å². The molecule has 30 heavy (non-hydrogen) atoms. The summed E-state index contributed by atoms with van der Waals surface area (Å²) in [6.07, 6.45) is 8.32. The van der Waals surface area contributed by atoms with Crippen molar-refractivity contribution in [3.8, 4) is 0 Å². The predicted molar refractivity (Wildman–Crippen MR) is 116 cm³/mol. The molecule has 0 spiro atoms. The largest absolute Gasteiger partial charge is 0.378 e. The maximum absolute atomic E-state index is 5.54. The van der Waals surface area contributed by atoms with Crippen LogP contribution in [0.4, 0.5) is 17.8 Å². The van der Waals surface area contributed by atoms with Gasteiger partial charge in [-0.05, 0) is 30.5 Å². The molecule has 0 atom stereocenters. The van der Waals surface area contributed by atoms with E-state index in [9.17, 15) is 0 Å². The van der Waals surface area contributed by atoms with Crippen molar-refractivity contribution in [2.75, 3.05) is 55.5 Å².